The summed E-state index contributed by atoms with van der Waals surface area (Å²) in [7, 11) is 0. The van der Waals surface area contributed by atoms with E-state index in [4.69, 9.17) is 14.9 Å². The zero-order valence-electron chi connectivity index (χ0n) is 16.4. The van der Waals surface area contributed by atoms with Crippen LogP contribution in [0.2, 0.25) is 0 Å². The molecule has 5 nitrogen and oxygen atoms in total. The Balaban J connectivity index is 1.49. The normalized spacial score (nSPS) is 19.6. The summed E-state index contributed by atoms with van der Waals surface area (Å²) in [5.41, 5.74) is 4.56. The topological polar surface area (TPSA) is 64.4 Å². The number of aryl methyl sites for hydroxylation is 2. The molecule has 1 heterocycles. The van der Waals surface area contributed by atoms with Crippen LogP contribution >= 0.6 is 0 Å². The first-order chi connectivity index (χ1) is 13.5. The first kappa shape index (κ1) is 18.5. The predicted octanol–water partition coefficient (Wildman–Crippen LogP) is 4.72. The third kappa shape index (κ3) is 3.88. The SMILES string of the molecule is Cc1cccc(Cn2nc3cc(OC4CCC(C(=O)O)CC4)ccc3c2C)c1. The molecule has 146 valence electrons. The Morgan fingerprint density at radius 1 is 1.14 bits per heavy atom. The number of hydrogen-bond acceptors (Lipinski definition) is 3. The van der Waals surface area contributed by atoms with Gasteiger partial charge >= 0.3 is 5.97 Å². The molecule has 2 aromatic carbocycles. The van der Waals surface area contributed by atoms with Gasteiger partial charge in [-0.15, -0.1) is 0 Å². The van der Waals surface area contributed by atoms with Crippen molar-refractivity contribution < 1.29 is 14.6 Å². The molecule has 1 saturated carbocycles. The number of aliphatic carboxylic acids is 1. The lowest BCUT2D eigenvalue weighted by molar-refractivity contribution is -0.143. The fraction of sp³-hybridized carbons (Fsp3) is 0.391. The first-order valence-electron chi connectivity index (χ1n) is 9.92. The predicted molar refractivity (Wildman–Crippen MR) is 109 cm³/mol. The molecule has 0 saturated heterocycles. The third-order valence-corrected chi connectivity index (χ3v) is 5.72. The van der Waals surface area contributed by atoms with Gasteiger partial charge in [0.15, 0.2) is 0 Å². The number of carbonyl (C=O) groups is 1. The monoisotopic (exact) mass is 378 g/mol. The number of fused-ring (bicyclic) bond motifs is 1. The van der Waals surface area contributed by atoms with Crippen LogP contribution in [-0.4, -0.2) is 27.0 Å². The summed E-state index contributed by atoms with van der Waals surface area (Å²) in [5.74, 6) is -0.0942. The van der Waals surface area contributed by atoms with Gasteiger partial charge < -0.3 is 9.84 Å². The van der Waals surface area contributed by atoms with Gasteiger partial charge in [0.1, 0.15) is 5.75 Å². The molecule has 1 fully saturated rings. The lowest BCUT2D eigenvalue weighted by Gasteiger charge is -2.26. The molecule has 5 heteroatoms. The highest BCUT2D eigenvalue weighted by Crippen LogP contribution is 2.30. The quantitative estimate of drug-likeness (QED) is 0.697. The van der Waals surface area contributed by atoms with E-state index >= 15 is 0 Å². The van der Waals surface area contributed by atoms with E-state index in [9.17, 15) is 4.79 Å². The van der Waals surface area contributed by atoms with E-state index < -0.39 is 5.97 Å². The second-order valence-corrected chi connectivity index (χ2v) is 7.84. The minimum Gasteiger partial charge on any atom is -0.490 e. The molecule has 1 aliphatic carbocycles. The van der Waals surface area contributed by atoms with Crippen LogP contribution in [0, 0.1) is 19.8 Å². The van der Waals surface area contributed by atoms with Crippen molar-refractivity contribution in [3.63, 3.8) is 0 Å². The Morgan fingerprint density at radius 2 is 1.93 bits per heavy atom. The van der Waals surface area contributed by atoms with E-state index in [-0.39, 0.29) is 12.0 Å². The largest absolute Gasteiger partial charge is 0.490 e. The molecule has 4 rings (SSSR count). The smallest absolute Gasteiger partial charge is 0.306 e. The Kier molecular flexibility index (Phi) is 5.07. The molecule has 28 heavy (non-hydrogen) atoms. The zero-order chi connectivity index (χ0) is 19.7. The van der Waals surface area contributed by atoms with Gasteiger partial charge in [0.05, 0.1) is 24.1 Å². The number of rotatable bonds is 5. The molecule has 3 aromatic rings. The van der Waals surface area contributed by atoms with Gasteiger partial charge in [-0.2, -0.15) is 5.10 Å². The fourth-order valence-corrected chi connectivity index (χ4v) is 4.07. The van der Waals surface area contributed by atoms with Crippen molar-refractivity contribution in [3.05, 3.63) is 59.3 Å². The molecular weight excluding hydrogens is 352 g/mol. The third-order valence-electron chi connectivity index (χ3n) is 5.72. The van der Waals surface area contributed by atoms with E-state index in [1.165, 1.54) is 11.1 Å². The number of nitrogens with zero attached hydrogens (tertiary/aromatic N) is 2. The lowest BCUT2D eigenvalue weighted by atomic mass is 9.87. The second kappa shape index (κ2) is 7.66. The van der Waals surface area contributed by atoms with Gasteiger partial charge in [-0.25, -0.2) is 0 Å². The highest BCUT2D eigenvalue weighted by atomic mass is 16.5. The van der Waals surface area contributed by atoms with Crippen molar-refractivity contribution in [2.24, 2.45) is 5.92 Å². The van der Waals surface area contributed by atoms with Gasteiger partial charge in [-0.05, 0) is 57.2 Å². The molecule has 0 radical (unpaired) electrons. The van der Waals surface area contributed by atoms with Crippen LogP contribution in [0.1, 0.15) is 42.5 Å². The number of carboxylic acid groups (broad SMARTS) is 1. The maximum Gasteiger partial charge on any atom is 0.306 e. The van der Waals surface area contributed by atoms with Gasteiger partial charge in [0.25, 0.3) is 0 Å². The average Bonchev–Trinajstić information content (AvgIpc) is 2.97. The van der Waals surface area contributed by atoms with Crippen molar-refractivity contribution in [2.75, 3.05) is 0 Å². The molecule has 0 atom stereocenters. The summed E-state index contributed by atoms with van der Waals surface area (Å²) in [5, 5.41) is 15.0. The van der Waals surface area contributed by atoms with Crippen molar-refractivity contribution in [2.45, 2.75) is 52.2 Å². The molecule has 1 aromatic heterocycles. The molecule has 1 N–H and O–H groups in total. The summed E-state index contributed by atoms with van der Waals surface area (Å²) < 4.78 is 8.18. The highest BCUT2D eigenvalue weighted by Gasteiger charge is 2.27. The average molecular weight is 378 g/mol. The number of benzene rings is 2. The van der Waals surface area contributed by atoms with E-state index in [2.05, 4.69) is 44.2 Å². The van der Waals surface area contributed by atoms with E-state index in [0.717, 1.165) is 41.7 Å². The zero-order valence-corrected chi connectivity index (χ0v) is 16.4. The van der Waals surface area contributed by atoms with E-state index in [0.29, 0.717) is 12.8 Å². The number of aromatic nitrogens is 2. The van der Waals surface area contributed by atoms with Crippen molar-refractivity contribution >= 4 is 16.9 Å². The highest BCUT2D eigenvalue weighted by molar-refractivity contribution is 5.82. The Morgan fingerprint density at radius 3 is 2.64 bits per heavy atom. The molecule has 0 bridgehead atoms. The number of carboxylic acids is 1. The number of hydrogen-bond donors (Lipinski definition) is 1. The van der Waals surface area contributed by atoms with Crippen LogP contribution in [-0.2, 0) is 11.3 Å². The summed E-state index contributed by atoms with van der Waals surface area (Å²) in [6, 6.07) is 14.6. The van der Waals surface area contributed by atoms with Crippen LogP contribution in [0.15, 0.2) is 42.5 Å². The minimum absolute atomic E-state index is 0.0866. The van der Waals surface area contributed by atoms with Gasteiger partial charge in [-0.3, -0.25) is 9.48 Å². The maximum absolute atomic E-state index is 11.1. The maximum atomic E-state index is 11.1. The molecule has 0 aliphatic heterocycles. The lowest BCUT2D eigenvalue weighted by Crippen LogP contribution is -2.27. The first-order valence-corrected chi connectivity index (χ1v) is 9.92. The van der Waals surface area contributed by atoms with Crippen molar-refractivity contribution in [1.29, 1.82) is 0 Å². The Labute approximate surface area is 164 Å². The van der Waals surface area contributed by atoms with E-state index in [1.54, 1.807) is 0 Å². The van der Waals surface area contributed by atoms with Crippen LogP contribution in [0.4, 0.5) is 0 Å². The molecule has 0 spiro atoms. The fourth-order valence-electron chi connectivity index (χ4n) is 4.07. The molecule has 1 aliphatic rings. The van der Waals surface area contributed by atoms with Crippen LogP contribution in [0.3, 0.4) is 0 Å². The summed E-state index contributed by atoms with van der Waals surface area (Å²) in [6.45, 7) is 4.94. The Hall–Kier alpha value is -2.82. The van der Waals surface area contributed by atoms with E-state index in [1.807, 2.05) is 16.8 Å². The van der Waals surface area contributed by atoms with Gasteiger partial charge in [0.2, 0.25) is 0 Å². The summed E-state index contributed by atoms with van der Waals surface area (Å²) in [6.07, 6.45) is 3.04. The molecule has 0 unspecified atom stereocenters. The van der Waals surface area contributed by atoms with Crippen LogP contribution in [0.5, 0.6) is 5.75 Å². The molecule has 0 amide bonds. The van der Waals surface area contributed by atoms with Gasteiger partial charge in [-0.1, -0.05) is 29.8 Å². The molecular formula is C23H26N2O3. The standard InChI is InChI=1S/C23H26N2O3/c1-15-4-3-5-17(12-15)14-25-16(2)21-11-10-20(13-22(21)24-25)28-19-8-6-18(7-9-19)23(26)27/h3-5,10-13,18-19H,6-9,14H2,1-2H3,(H,26,27). The van der Waals surface area contributed by atoms with Crippen LogP contribution < -0.4 is 4.74 Å². The summed E-state index contributed by atoms with van der Waals surface area (Å²) >= 11 is 0. The minimum atomic E-state index is -0.686. The van der Waals surface area contributed by atoms with Crippen molar-refractivity contribution in [1.82, 2.24) is 9.78 Å². The number of ether oxygens (including phenoxy) is 1. The van der Waals surface area contributed by atoms with Crippen LogP contribution in [0.25, 0.3) is 10.9 Å². The summed E-state index contributed by atoms with van der Waals surface area (Å²) in [4.78, 5) is 11.1. The Bertz CT molecular complexity index is 1000. The van der Waals surface area contributed by atoms with Crippen molar-refractivity contribution in [3.8, 4) is 5.75 Å². The second-order valence-electron chi connectivity index (χ2n) is 7.84. The van der Waals surface area contributed by atoms with Gasteiger partial charge in [0, 0.05) is 17.1 Å².